The largest absolute Gasteiger partial charge is 0.318 e. The van der Waals surface area contributed by atoms with Gasteiger partial charge in [0, 0.05) is 17.1 Å². The summed E-state index contributed by atoms with van der Waals surface area (Å²) >= 11 is 0. The van der Waals surface area contributed by atoms with E-state index >= 15 is 0 Å². The van der Waals surface area contributed by atoms with E-state index in [0.717, 1.165) is 6.42 Å². The molecule has 0 aliphatic heterocycles. The molecule has 0 spiro atoms. The van der Waals surface area contributed by atoms with Crippen LogP contribution in [0.3, 0.4) is 0 Å². The van der Waals surface area contributed by atoms with E-state index in [-0.39, 0.29) is 0 Å². The Morgan fingerprint density at radius 3 is 2.27 bits per heavy atom. The number of aromatic nitrogens is 1. The molecule has 0 aliphatic carbocycles. The summed E-state index contributed by atoms with van der Waals surface area (Å²) in [6.45, 7) is 6.56. The molecule has 0 radical (unpaired) electrons. The molecular formula is C14H17N. The van der Waals surface area contributed by atoms with E-state index in [1.807, 2.05) is 0 Å². The van der Waals surface area contributed by atoms with Gasteiger partial charge in [-0.15, -0.1) is 0 Å². The topological polar surface area (TPSA) is 4.93 Å². The average Bonchev–Trinajstić information content (AvgIpc) is 2.55. The summed E-state index contributed by atoms with van der Waals surface area (Å²) in [5.74, 6) is 0. The van der Waals surface area contributed by atoms with Crippen molar-refractivity contribution in [2.24, 2.45) is 0 Å². The Hall–Kier alpha value is -1.50. The van der Waals surface area contributed by atoms with Gasteiger partial charge in [0.2, 0.25) is 0 Å². The van der Waals surface area contributed by atoms with Gasteiger partial charge >= 0.3 is 0 Å². The second kappa shape index (κ2) is 3.93. The average molecular weight is 199 g/mol. The summed E-state index contributed by atoms with van der Waals surface area (Å²) in [7, 11) is 0. The molecule has 1 aromatic carbocycles. The molecule has 1 heteroatoms. The van der Waals surface area contributed by atoms with Crippen molar-refractivity contribution in [1.29, 1.82) is 0 Å². The third-order valence-corrected chi connectivity index (χ3v) is 2.93. The van der Waals surface area contributed by atoms with Gasteiger partial charge in [0.1, 0.15) is 0 Å². The van der Waals surface area contributed by atoms with Crippen LogP contribution in [0.15, 0.2) is 36.4 Å². The fourth-order valence-corrected chi connectivity index (χ4v) is 2.16. The molecule has 1 heterocycles. The molecule has 0 fully saturated rings. The highest BCUT2D eigenvalue weighted by molar-refractivity contribution is 5.40. The van der Waals surface area contributed by atoms with Crippen molar-refractivity contribution in [3.63, 3.8) is 0 Å². The Kier molecular flexibility index (Phi) is 2.63. The third-order valence-electron chi connectivity index (χ3n) is 2.93. The summed E-state index contributed by atoms with van der Waals surface area (Å²) in [6.07, 6.45) is 1.10. The van der Waals surface area contributed by atoms with Gasteiger partial charge in [0.25, 0.3) is 0 Å². The van der Waals surface area contributed by atoms with Crippen molar-refractivity contribution in [3.05, 3.63) is 53.3 Å². The van der Waals surface area contributed by atoms with E-state index in [1.165, 1.54) is 22.6 Å². The molecule has 15 heavy (non-hydrogen) atoms. The molecule has 0 bridgehead atoms. The lowest BCUT2D eigenvalue weighted by Gasteiger charge is -2.09. The highest BCUT2D eigenvalue weighted by atomic mass is 15.0. The van der Waals surface area contributed by atoms with Crippen molar-refractivity contribution < 1.29 is 0 Å². The number of benzene rings is 1. The van der Waals surface area contributed by atoms with E-state index in [9.17, 15) is 0 Å². The number of para-hydroxylation sites is 1. The number of rotatable bonds is 2. The van der Waals surface area contributed by atoms with Gasteiger partial charge in [-0.3, -0.25) is 0 Å². The first-order valence-corrected chi connectivity index (χ1v) is 5.47. The standard InChI is InChI=1S/C14H17N/c1-4-13-10-11(2)15(12(13)3)14-8-6-5-7-9-14/h5-10H,4H2,1-3H3. The summed E-state index contributed by atoms with van der Waals surface area (Å²) in [6, 6.07) is 12.8. The Labute approximate surface area is 91.4 Å². The molecular weight excluding hydrogens is 182 g/mol. The lowest BCUT2D eigenvalue weighted by molar-refractivity contribution is 0.950. The molecule has 2 aromatic rings. The zero-order valence-corrected chi connectivity index (χ0v) is 9.62. The Morgan fingerprint density at radius 2 is 1.73 bits per heavy atom. The smallest absolute Gasteiger partial charge is 0.0455 e. The molecule has 0 N–H and O–H groups in total. The van der Waals surface area contributed by atoms with Gasteiger partial charge in [-0.2, -0.15) is 0 Å². The van der Waals surface area contributed by atoms with Gasteiger partial charge in [-0.05, 0) is 44.0 Å². The van der Waals surface area contributed by atoms with Crippen LogP contribution < -0.4 is 0 Å². The molecule has 0 atom stereocenters. The Balaban J connectivity index is 2.58. The molecule has 0 saturated heterocycles. The van der Waals surface area contributed by atoms with Crippen molar-refractivity contribution in [3.8, 4) is 5.69 Å². The van der Waals surface area contributed by atoms with Crippen LogP contribution in [0.1, 0.15) is 23.9 Å². The summed E-state index contributed by atoms with van der Waals surface area (Å²) in [5.41, 5.74) is 5.38. The van der Waals surface area contributed by atoms with Crippen molar-refractivity contribution >= 4 is 0 Å². The first-order valence-electron chi connectivity index (χ1n) is 5.47. The highest BCUT2D eigenvalue weighted by Crippen LogP contribution is 2.20. The third kappa shape index (κ3) is 1.70. The Bertz CT molecular complexity index is 452. The number of hydrogen-bond donors (Lipinski definition) is 0. The van der Waals surface area contributed by atoms with E-state index < -0.39 is 0 Å². The van der Waals surface area contributed by atoms with Gasteiger partial charge in [-0.1, -0.05) is 25.1 Å². The van der Waals surface area contributed by atoms with Crippen molar-refractivity contribution in [2.75, 3.05) is 0 Å². The summed E-state index contributed by atoms with van der Waals surface area (Å²) < 4.78 is 2.32. The molecule has 0 unspecified atom stereocenters. The quantitative estimate of drug-likeness (QED) is 0.695. The maximum atomic E-state index is 2.32. The van der Waals surface area contributed by atoms with E-state index in [0.29, 0.717) is 0 Å². The monoisotopic (exact) mass is 199 g/mol. The second-order valence-corrected chi connectivity index (χ2v) is 3.92. The molecule has 0 aliphatic rings. The van der Waals surface area contributed by atoms with Crippen LogP contribution in [-0.4, -0.2) is 4.57 Å². The van der Waals surface area contributed by atoms with Crippen LogP contribution >= 0.6 is 0 Å². The fourth-order valence-electron chi connectivity index (χ4n) is 2.16. The predicted octanol–water partition coefficient (Wildman–Crippen LogP) is 3.66. The van der Waals surface area contributed by atoms with Crippen LogP contribution in [0, 0.1) is 13.8 Å². The first-order chi connectivity index (χ1) is 7.24. The second-order valence-electron chi connectivity index (χ2n) is 3.92. The number of nitrogens with zero attached hydrogens (tertiary/aromatic N) is 1. The number of aryl methyl sites for hydroxylation is 2. The maximum absolute atomic E-state index is 2.32. The Morgan fingerprint density at radius 1 is 1.07 bits per heavy atom. The molecule has 0 amide bonds. The summed E-state index contributed by atoms with van der Waals surface area (Å²) in [4.78, 5) is 0. The lowest BCUT2D eigenvalue weighted by atomic mass is 10.2. The number of hydrogen-bond acceptors (Lipinski definition) is 0. The minimum Gasteiger partial charge on any atom is -0.318 e. The van der Waals surface area contributed by atoms with Crippen LogP contribution in [-0.2, 0) is 6.42 Å². The maximum Gasteiger partial charge on any atom is 0.0455 e. The van der Waals surface area contributed by atoms with Crippen LogP contribution in [0.2, 0.25) is 0 Å². The lowest BCUT2D eigenvalue weighted by Crippen LogP contribution is -1.98. The van der Waals surface area contributed by atoms with E-state index in [1.54, 1.807) is 0 Å². The molecule has 1 nitrogen and oxygen atoms in total. The minimum absolute atomic E-state index is 1.10. The van der Waals surface area contributed by atoms with Gasteiger partial charge in [0.15, 0.2) is 0 Å². The molecule has 1 aromatic heterocycles. The summed E-state index contributed by atoms with van der Waals surface area (Å²) in [5, 5.41) is 0. The van der Waals surface area contributed by atoms with Crippen LogP contribution in [0.4, 0.5) is 0 Å². The van der Waals surface area contributed by atoms with Crippen LogP contribution in [0.5, 0.6) is 0 Å². The zero-order valence-electron chi connectivity index (χ0n) is 9.62. The van der Waals surface area contributed by atoms with Gasteiger partial charge < -0.3 is 4.57 Å². The molecule has 2 rings (SSSR count). The van der Waals surface area contributed by atoms with Crippen LogP contribution in [0.25, 0.3) is 5.69 Å². The van der Waals surface area contributed by atoms with Gasteiger partial charge in [0.05, 0.1) is 0 Å². The highest BCUT2D eigenvalue weighted by Gasteiger charge is 2.08. The van der Waals surface area contributed by atoms with E-state index in [2.05, 4.69) is 61.7 Å². The SMILES string of the molecule is CCc1cc(C)n(-c2ccccc2)c1C. The molecule has 0 saturated carbocycles. The van der Waals surface area contributed by atoms with E-state index in [4.69, 9.17) is 0 Å². The predicted molar refractivity (Wildman–Crippen MR) is 64.6 cm³/mol. The first kappa shape index (κ1) is 10.0. The fraction of sp³-hybridized carbons (Fsp3) is 0.286. The molecule has 78 valence electrons. The van der Waals surface area contributed by atoms with Gasteiger partial charge in [-0.25, -0.2) is 0 Å². The van der Waals surface area contributed by atoms with Crippen molar-refractivity contribution in [2.45, 2.75) is 27.2 Å². The van der Waals surface area contributed by atoms with Crippen molar-refractivity contribution in [1.82, 2.24) is 4.57 Å². The minimum atomic E-state index is 1.10. The zero-order chi connectivity index (χ0) is 10.8. The normalized spacial score (nSPS) is 10.6.